The summed E-state index contributed by atoms with van der Waals surface area (Å²) in [6, 6.07) is 9.65. The van der Waals surface area contributed by atoms with Gasteiger partial charge in [-0.1, -0.05) is 24.3 Å². The van der Waals surface area contributed by atoms with E-state index < -0.39 is 0 Å². The van der Waals surface area contributed by atoms with E-state index in [1.165, 1.54) is 24.0 Å². The highest BCUT2D eigenvalue weighted by Crippen LogP contribution is 2.34. The van der Waals surface area contributed by atoms with Gasteiger partial charge in [0.25, 0.3) is 0 Å². The molecule has 0 bridgehead atoms. The van der Waals surface area contributed by atoms with Crippen LogP contribution in [-0.2, 0) is 11.2 Å². The second-order valence-electron chi connectivity index (χ2n) is 5.83. The molecule has 3 heteroatoms. The van der Waals surface area contributed by atoms with Crippen molar-refractivity contribution >= 4 is 5.91 Å². The third-order valence-electron chi connectivity index (χ3n) is 4.27. The molecule has 2 aliphatic rings. The Morgan fingerprint density at radius 2 is 2.11 bits per heavy atom. The number of nitrogens with one attached hydrogen (secondary N) is 1. The van der Waals surface area contributed by atoms with Crippen molar-refractivity contribution in [3.63, 3.8) is 0 Å². The molecule has 0 saturated heterocycles. The fourth-order valence-electron chi connectivity index (χ4n) is 2.95. The molecule has 1 aromatic carbocycles. The topological polar surface area (TPSA) is 32.3 Å². The van der Waals surface area contributed by atoms with Crippen molar-refractivity contribution < 1.29 is 4.79 Å². The fourth-order valence-corrected chi connectivity index (χ4v) is 2.95. The predicted molar refractivity (Wildman–Crippen MR) is 75.9 cm³/mol. The van der Waals surface area contributed by atoms with E-state index in [0.29, 0.717) is 18.5 Å². The zero-order chi connectivity index (χ0) is 13.2. The van der Waals surface area contributed by atoms with E-state index in [1.54, 1.807) is 0 Å². The molecular formula is C16H22N2O. The number of benzene rings is 1. The molecule has 3 nitrogen and oxygen atoms in total. The van der Waals surface area contributed by atoms with Crippen LogP contribution in [0, 0.1) is 0 Å². The number of amides is 1. The molecule has 0 aliphatic heterocycles. The number of nitrogens with zero attached hydrogens (tertiary/aromatic N) is 1. The van der Waals surface area contributed by atoms with E-state index in [0.717, 1.165) is 19.4 Å². The van der Waals surface area contributed by atoms with Gasteiger partial charge in [-0.3, -0.25) is 9.69 Å². The molecule has 1 N–H and O–H groups in total. The van der Waals surface area contributed by atoms with Crippen LogP contribution in [0.5, 0.6) is 0 Å². The summed E-state index contributed by atoms with van der Waals surface area (Å²) in [5, 5.41) is 3.05. The maximum Gasteiger partial charge on any atom is 0.221 e. The smallest absolute Gasteiger partial charge is 0.221 e. The number of aryl methyl sites for hydroxylation is 1. The van der Waals surface area contributed by atoms with Gasteiger partial charge in [0, 0.05) is 25.0 Å². The van der Waals surface area contributed by atoms with Crippen LogP contribution < -0.4 is 5.32 Å². The van der Waals surface area contributed by atoms with E-state index in [9.17, 15) is 4.79 Å². The molecule has 0 heterocycles. The number of rotatable bonds is 5. The zero-order valence-electron chi connectivity index (χ0n) is 11.6. The van der Waals surface area contributed by atoms with E-state index in [-0.39, 0.29) is 5.91 Å². The van der Waals surface area contributed by atoms with Crippen molar-refractivity contribution in [1.29, 1.82) is 0 Å². The average molecular weight is 258 g/mol. The first-order valence-corrected chi connectivity index (χ1v) is 7.31. The Balaban J connectivity index is 1.53. The van der Waals surface area contributed by atoms with Gasteiger partial charge in [0.1, 0.15) is 0 Å². The molecule has 1 fully saturated rings. The fraction of sp³-hybridized carbons (Fsp3) is 0.562. The Morgan fingerprint density at radius 3 is 2.89 bits per heavy atom. The molecule has 2 aliphatic carbocycles. The predicted octanol–water partition coefficient (Wildman–Crippen LogP) is 2.27. The summed E-state index contributed by atoms with van der Waals surface area (Å²) in [6.45, 7) is 0.845. The van der Waals surface area contributed by atoms with Crippen molar-refractivity contribution in [1.82, 2.24) is 10.2 Å². The molecular weight excluding hydrogens is 236 g/mol. The lowest BCUT2D eigenvalue weighted by Crippen LogP contribution is -2.31. The van der Waals surface area contributed by atoms with Crippen LogP contribution in [0.2, 0.25) is 0 Å². The number of hydrogen-bond donors (Lipinski definition) is 1. The summed E-state index contributed by atoms with van der Waals surface area (Å²) >= 11 is 0. The van der Waals surface area contributed by atoms with Gasteiger partial charge in [-0.2, -0.15) is 0 Å². The lowest BCUT2D eigenvalue weighted by molar-refractivity contribution is -0.121. The Morgan fingerprint density at radius 1 is 1.32 bits per heavy atom. The normalized spacial score (nSPS) is 21.5. The minimum atomic E-state index is 0.209. The number of carbonyl (C=O) groups excluding carboxylic acids is 1. The summed E-state index contributed by atoms with van der Waals surface area (Å²) in [6.07, 6.45) is 5.29. The van der Waals surface area contributed by atoms with Gasteiger partial charge in [-0.25, -0.2) is 0 Å². The second kappa shape index (κ2) is 5.33. The van der Waals surface area contributed by atoms with Crippen LogP contribution in [0.3, 0.4) is 0 Å². The molecule has 1 saturated carbocycles. The summed E-state index contributed by atoms with van der Waals surface area (Å²) in [7, 11) is 2.14. The van der Waals surface area contributed by atoms with Crippen molar-refractivity contribution in [2.24, 2.45) is 0 Å². The van der Waals surface area contributed by atoms with Crippen LogP contribution in [-0.4, -0.2) is 30.4 Å². The SMILES string of the molecule is CN(CCC(=O)NC1CC1)[C@@H]1CCc2ccccc21. The average Bonchev–Trinajstić information content (AvgIpc) is 3.12. The van der Waals surface area contributed by atoms with E-state index >= 15 is 0 Å². The third kappa shape index (κ3) is 2.98. The standard InChI is InChI=1S/C16H22N2O/c1-18(11-10-16(19)17-13-7-8-13)15-9-6-12-4-2-3-5-14(12)15/h2-5,13,15H,6-11H2,1H3,(H,17,19)/t15-/m1/s1. The molecule has 0 unspecified atom stereocenters. The van der Waals surface area contributed by atoms with Crippen molar-refractivity contribution in [2.75, 3.05) is 13.6 Å². The summed E-state index contributed by atoms with van der Waals surface area (Å²) in [5.41, 5.74) is 2.93. The number of hydrogen-bond acceptors (Lipinski definition) is 2. The summed E-state index contributed by atoms with van der Waals surface area (Å²) < 4.78 is 0. The molecule has 1 aromatic rings. The van der Waals surface area contributed by atoms with Crippen LogP contribution in [0.1, 0.15) is 42.9 Å². The van der Waals surface area contributed by atoms with Crippen LogP contribution in [0.15, 0.2) is 24.3 Å². The van der Waals surface area contributed by atoms with Crippen molar-refractivity contribution in [3.8, 4) is 0 Å². The molecule has 0 aromatic heterocycles. The molecule has 3 rings (SSSR count). The minimum Gasteiger partial charge on any atom is -0.353 e. The highest BCUT2D eigenvalue weighted by atomic mass is 16.1. The third-order valence-corrected chi connectivity index (χ3v) is 4.27. The first kappa shape index (κ1) is 12.7. The monoisotopic (exact) mass is 258 g/mol. The van der Waals surface area contributed by atoms with Crippen molar-refractivity contribution in [3.05, 3.63) is 35.4 Å². The van der Waals surface area contributed by atoms with E-state index in [2.05, 4.69) is 41.5 Å². The second-order valence-corrected chi connectivity index (χ2v) is 5.83. The highest BCUT2D eigenvalue weighted by Gasteiger charge is 2.26. The van der Waals surface area contributed by atoms with Gasteiger partial charge in [-0.05, 0) is 43.9 Å². The Bertz CT molecular complexity index is 468. The molecule has 0 radical (unpaired) electrons. The molecule has 0 spiro atoms. The Labute approximate surface area is 115 Å². The summed E-state index contributed by atoms with van der Waals surface area (Å²) in [4.78, 5) is 14.1. The maximum atomic E-state index is 11.7. The van der Waals surface area contributed by atoms with Gasteiger partial charge < -0.3 is 5.32 Å². The highest BCUT2D eigenvalue weighted by molar-refractivity contribution is 5.76. The van der Waals surface area contributed by atoms with Crippen molar-refractivity contribution in [2.45, 2.75) is 44.2 Å². The Hall–Kier alpha value is -1.35. The molecule has 1 amide bonds. The minimum absolute atomic E-state index is 0.209. The zero-order valence-corrected chi connectivity index (χ0v) is 11.6. The van der Waals surface area contributed by atoms with Crippen LogP contribution >= 0.6 is 0 Å². The van der Waals surface area contributed by atoms with Gasteiger partial charge >= 0.3 is 0 Å². The number of carbonyl (C=O) groups is 1. The molecule has 102 valence electrons. The molecule has 19 heavy (non-hydrogen) atoms. The van der Waals surface area contributed by atoms with Crippen LogP contribution in [0.4, 0.5) is 0 Å². The van der Waals surface area contributed by atoms with E-state index in [4.69, 9.17) is 0 Å². The van der Waals surface area contributed by atoms with Crippen LogP contribution in [0.25, 0.3) is 0 Å². The quantitative estimate of drug-likeness (QED) is 0.878. The Kier molecular flexibility index (Phi) is 3.56. The molecule has 1 atom stereocenters. The van der Waals surface area contributed by atoms with E-state index in [1.807, 2.05) is 0 Å². The first-order valence-electron chi connectivity index (χ1n) is 7.31. The van der Waals surface area contributed by atoms with Gasteiger partial charge in [-0.15, -0.1) is 0 Å². The summed E-state index contributed by atoms with van der Waals surface area (Å²) in [5.74, 6) is 0.209. The lowest BCUT2D eigenvalue weighted by Gasteiger charge is -2.25. The van der Waals surface area contributed by atoms with Gasteiger partial charge in [0.15, 0.2) is 0 Å². The largest absolute Gasteiger partial charge is 0.353 e. The number of fused-ring (bicyclic) bond motifs is 1. The van der Waals surface area contributed by atoms with Gasteiger partial charge in [0.2, 0.25) is 5.91 Å². The first-order chi connectivity index (χ1) is 9.24. The maximum absolute atomic E-state index is 11.7. The lowest BCUT2D eigenvalue weighted by atomic mass is 10.1. The van der Waals surface area contributed by atoms with Gasteiger partial charge in [0.05, 0.1) is 0 Å².